The zero-order chi connectivity index (χ0) is 21.2. The van der Waals surface area contributed by atoms with E-state index in [0.717, 1.165) is 58.0 Å². The van der Waals surface area contributed by atoms with Crippen LogP contribution in [0.15, 0.2) is 16.9 Å². The summed E-state index contributed by atoms with van der Waals surface area (Å²) in [6, 6.07) is 6.74. The molecule has 4 heterocycles. The quantitative estimate of drug-likeness (QED) is 0.564. The van der Waals surface area contributed by atoms with Gasteiger partial charge in [-0.3, -0.25) is 14.7 Å². The Morgan fingerprint density at radius 2 is 2.00 bits per heavy atom. The second kappa shape index (κ2) is 6.77. The van der Waals surface area contributed by atoms with Crippen molar-refractivity contribution in [1.82, 2.24) is 19.4 Å². The average molecular weight is 438 g/mol. The van der Waals surface area contributed by atoms with E-state index >= 15 is 0 Å². The van der Waals surface area contributed by atoms with Crippen molar-refractivity contribution in [3.05, 3.63) is 65.9 Å². The molecule has 0 saturated carbocycles. The fourth-order valence-electron chi connectivity index (χ4n) is 5.30. The van der Waals surface area contributed by atoms with Gasteiger partial charge in [-0.15, -0.1) is 11.3 Å². The molecule has 154 valence electrons. The number of rotatable bonds is 1. The Morgan fingerprint density at radius 3 is 2.70 bits per heavy atom. The summed E-state index contributed by atoms with van der Waals surface area (Å²) in [5.74, 6) is 0. The van der Waals surface area contributed by atoms with Crippen molar-refractivity contribution in [3.8, 4) is 11.1 Å². The summed E-state index contributed by atoms with van der Waals surface area (Å²) in [6.45, 7) is 4.70. The highest BCUT2D eigenvalue weighted by Gasteiger charge is 2.47. The minimum atomic E-state index is -0.304. The van der Waals surface area contributed by atoms with Crippen LogP contribution in [0.5, 0.6) is 0 Å². The third-order valence-electron chi connectivity index (χ3n) is 6.73. The minimum absolute atomic E-state index is 0.114. The summed E-state index contributed by atoms with van der Waals surface area (Å²) in [5, 5.41) is 11.3. The molecule has 30 heavy (non-hydrogen) atoms. The van der Waals surface area contributed by atoms with E-state index in [9.17, 15) is 10.1 Å². The molecule has 0 saturated heterocycles. The number of nitrogens with zero attached hydrogens (tertiary/aromatic N) is 3. The van der Waals surface area contributed by atoms with Crippen molar-refractivity contribution in [2.75, 3.05) is 7.05 Å². The summed E-state index contributed by atoms with van der Waals surface area (Å²) in [6.07, 6.45) is 3.67. The number of hydrogen-bond acceptors (Lipinski definition) is 5. The third kappa shape index (κ3) is 2.62. The maximum absolute atomic E-state index is 12.5. The summed E-state index contributed by atoms with van der Waals surface area (Å²) in [7, 11) is 2.07. The van der Waals surface area contributed by atoms with Gasteiger partial charge in [-0.2, -0.15) is 5.26 Å². The molecule has 1 unspecified atom stereocenters. The zero-order valence-electron chi connectivity index (χ0n) is 17.3. The Morgan fingerprint density at radius 1 is 1.27 bits per heavy atom. The molecule has 1 aliphatic carbocycles. The summed E-state index contributed by atoms with van der Waals surface area (Å²) in [4.78, 5) is 22.0. The molecule has 0 amide bonds. The van der Waals surface area contributed by atoms with Crippen LogP contribution >= 0.6 is 23.6 Å². The lowest BCUT2D eigenvalue weighted by atomic mass is 9.72. The van der Waals surface area contributed by atoms with E-state index in [2.05, 4.69) is 58.5 Å². The van der Waals surface area contributed by atoms with Crippen molar-refractivity contribution >= 4 is 23.6 Å². The smallest absolute Gasteiger partial charge is 0.256 e. The number of nitriles is 1. The van der Waals surface area contributed by atoms with Crippen LogP contribution in [0.2, 0.25) is 0 Å². The van der Waals surface area contributed by atoms with Crippen LogP contribution < -0.4 is 5.56 Å². The highest BCUT2D eigenvalue weighted by Crippen LogP contribution is 2.50. The van der Waals surface area contributed by atoms with Gasteiger partial charge in [-0.25, -0.2) is 0 Å². The first-order chi connectivity index (χ1) is 14.4. The Balaban J connectivity index is 1.76. The van der Waals surface area contributed by atoms with E-state index in [0.29, 0.717) is 17.7 Å². The highest BCUT2D eigenvalue weighted by atomic mass is 32.1. The molecule has 1 aliphatic heterocycles. The van der Waals surface area contributed by atoms with Gasteiger partial charge in [0.25, 0.3) is 5.56 Å². The molecule has 1 atom stereocenters. The highest BCUT2D eigenvalue weighted by molar-refractivity contribution is 7.71. The van der Waals surface area contributed by atoms with E-state index in [1.807, 2.05) is 0 Å². The first kappa shape index (κ1) is 19.5. The van der Waals surface area contributed by atoms with Gasteiger partial charge in [-0.1, -0.05) is 0 Å². The average Bonchev–Trinajstić information content (AvgIpc) is 3.23. The zero-order valence-corrected chi connectivity index (χ0v) is 18.9. The van der Waals surface area contributed by atoms with Crippen molar-refractivity contribution in [3.63, 3.8) is 0 Å². The molecule has 3 aromatic heterocycles. The summed E-state index contributed by atoms with van der Waals surface area (Å²) >= 11 is 6.98. The first-order valence-electron chi connectivity index (χ1n) is 10.1. The van der Waals surface area contributed by atoms with Gasteiger partial charge < -0.3 is 9.55 Å². The molecular formula is C22H23N5OS2. The predicted octanol–water partition coefficient (Wildman–Crippen LogP) is 3.99. The van der Waals surface area contributed by atoms with Gasteiger partial charge in [-0.05, 0) is 64.5 Å². The standard InChI is InChI=1S/C22H23N5OS2/c1-12-6-7-13(2)27(12)20-14(10-23)18-17(30-20)5-4-8-22(18)9-16-15(11-26(22)3)19(28)25-21(29)24-16/h6-7H,4-5,8-9,11H2,1-3H3,(H2,24,25,28,29). The lowest BCUT2D eigenvalue weighted by Gasteiger charge is -2.48. The summed E-state index contributed by atoms with van der Waals surface area (Å²) < 4.78 is 2.56. The number of H-pyrrole nitrogens is 2. The van der Waals surface area contributed by atoms with Crippen molar-refractivity contribution in [2.24, 2.45) is 0 Å². The number of aryl methyl sites for hydroxylation is 3. The van der Waals surface area contributed by atoms with Crippen molar-refractivity contribution < 1.29 is 0 Å². The SMILES string of the molecule is Cc1ccc(C)n1-c1sc2c(c1C#N)C1(CCC2)Cc2[nH]c(=S)[nH]c(=O)c2CN1C. The maximum Gasteiger partial charge on any atom is 0.256 e. The van der Waals surface area contributed by atoms with Crippen molar-refractivity contribution in [1.29, 1.82) is 5.26 Å². The fourth-order valence-corrected chi connectivity index (χ4v) is 7.02. The van der Waals surface area contributed by atoms with E-state index in [1.165, 1.54) is 4.88 Å². The van der Waals surface area contributed by atoms with E-state index < -0.39 is 0 Å². The number of nitrogens with one attached hydrogen (secondary N) is 2. The van der Waals surface area contributed by atoms with E-state index in [1.54, 1.807) is 11.3 Å². The second-order valence-electron chi connectivity index (χ2n) is 8.43. The molecule has 3 aromatic rings. The normalized spacial score (nSPS) is 20.7. The lowest BCUT2D eigenvalue weighted by Crippen LogP contribution is -2.51. The number of aromatic amines is 2. The molecule has 0 radical (unpaired) electrons. The monoisotopic (exact) mass is 437 g/mol. The van der Waals surface area contributed by atoms with Crippen LogP contribution in [0.4, 0.5) is 0 Å². The Hall–Kier alpha value is -2.47. The maximum atomic E-state index is 12.5. The van der Waals surface area contributed by atoms with Gasteiger partial charge in [0.05, 0.1) is 16.7 Å². The van der Waals surface area contributed by atoms with Crippen LogP contribution in [0.3, 0.4) is 0 Å². The number of thiophene rings is 1. The minimum Gasteiger partial charge on any atom is -0.335 e. The molecule has 0 aromatic carbocycles. The molecular weight excluding hydrogens is 414 g/mol. The van der Waals surface area contributed by atoms with Gasteiger partial charge in [0, 0.05) is 40.5 Å². The molecule has 1 spiro atoms. The van der Waals surface area contributed by atoms with E-state index in [4.69, 9.17) is 12.2 Å². The number of likely N-dealkylation sites (N-methyl/N-ethyl adjacent to an activating group) is 1. The molecule has 2 N–H and O–H groups in total. The largest absolute Gasteiger partial charge is 0.335 e. The molecule has 0 fully saturated rings. The second-order valence-corrected chi connectivity index (χ2v) is 9.92. The van der Waals surface area contributed by atoms with Gasteiger partial charge in [0.1, 0.15) is 11.1 Å². The van der Waals surface area contributed by atoms with Gasteiger partial charge in [0.2, 0.25) is 0 Å². The molecule has 8 heteroatoms. The molecule has 2 aliphatic rings. The topological polar surface area (TPSA) is 80.6 Å². The van der Waals surface area contributed by atoms with Crippen LogP contribution in [0, 0.1) is 29.9 Å². The summed E-state index contributed by atoms with van der Waals surface area (Å²) in [5.41, 5.74) is 5.42. The predicted molar refractivity (Wildman–Crippen MR) is 120 cm³/mol. The Bertz CT molecular complexity index is 1320. The third-order valence-corrected chi connectivity index (χ3v) is 8.17. The lowest BCUT2D eigenvalue weighted by molar-refractivity contribution is 0.0728. The van der Waals surface area contributed by atoms with Crippen LogP contribution in [0.25, 0.3) is 5.00 Å². The molecule has 0 bridgehead atoms. The fraction of sp³-hybridized carbons (Fsp3) is 0.409. The van der Waals surface area contributed by atoms with Crippen molar-refractivity contribution in [2.45, 2.75) is 51.6 Å². The van der Waals surface area contributed by atoms with E-state index in [-0.39, 0.29) is 11.1 Å². The Labute approximate surface area is 183 Å². The first-order valence-corrected chi connectivity index (χ1v) is 11.4. The van der Waals surface area contributed by atoms with Gasteiger partial charge in [0.15, 0.2) is 4.77 Å². The van der Waals surface area contributed by atoms with Crippen LogP contribution in [-0.2, 0) is 24.9 Å². The van der Waals surface area contributed by atoms with Crippen LogP contribution in [0.1, 0.15) is 51.5 Å². The Kier molecular flexibility index (Phi) is 4.40. The van der Waals surface area contributed by atoms with Gasteiger partial charge >= 0.3 is 0 Å². The number of fused-ring (bicyclic) bond motifs is 3. The number of hydrogen-bond donors (Lipinski definition) is 2. The number of aromatic nitrogens is 3. The molecule has 6 nitrogen and oxygen atoms in total. The molecule has 5 rings (SSSR count). The van der Waals surface area contributed by atoms with Crippen LogP contribution in [-0.4, -0.2) is 26.5 Å².